The van der Waals surface area contributed by atoms with Gasteiger partial charge in [0.25, 0.3) is 0 Å². The Balaban J connectivity index is 1.47. The summed E-state index contributed by atoms with van der Waals surface area (Å²) in [4.78, 5) is 16.4. The van der Waals surface area contributed by atoms with Crippen LogP contribution in [0.1, 0.15) is 11.1 Å². The number of amides is 1. The monoisotopic (exact) mass is 391 g/mol. The lowest BCUT2D eigenvalue weighted by Crippen LogP contribution is -2.15. The molecule has 0 atom stereocenters. The molecule has 0 radical (unpaired) electrons. The van der Waals surface area contributed by atoms with Crippen LogP contribution < -0.4 is 20.1 Å². The van der Waals surface area contributed by atoms with Gasteiger partial charge in [-0.25, -0.2) is 4.98 Å². The third-order valence-electron chi connectivity index (χ3n) is 4.43. The number of aromatic nitrogens is 1. The van der Waals surface area contributed by atoms with Gasteiger partial charge >= 0.3 is 0 Å². The van der Waals surface area contributed by atoms with Crippen LogP contribution in [0.3, 0.4) is 0 Å². The topological polar surface area (TPSA) is 72.5 Å². The number of pyridine rings is 1. The van der Waals surface area contributed by atoms with Gasteiger partial charge in [0.05, 0.1) is 32.5 Å². The number of rotatable bonds is 9. The quantitative estimate of drug-likeness (QED) is 0.578. The minimum absolute atomic E-state index is 0.0853. The van der Waals surface area contributed by atoms with Crippen LogP contribution in [0.2, 0.25) is 0 Å². The molecule has 0 aliphatic heterocycles. The number of anilines is 2. The number of carbonyl (C=O) groups excluding carboxylic acids is 1. The number of benzene rings is 2. The van der Waals surface area contributed by atoms with Crippen LogP contribution in [0.15, 0.2) is 66.9 Å². The van der Waals surface area contributed by atoms with Crippen LogP contribution in [0, 0.1) is 0 Å². The number of hydrogen-bond acceptors (Lipinski definition) is 5. The van der Waals surface area contributed by atoms with Crippen molar-refractivity contribution >= 4 is 17.4 Å². The Morgan fingerprint density at radius 1 is 0.931 bits per heavy atom. The number of ether oxygens (including phenoxy) is 2. The fourth-order valence-electron chi connectivity index (χ4n) is 2.93. The zero-order valence-corrected chi connectivity index (χ0v) is 16.6. The van der Waals surface area contributed by atoms with Gasteiger partial charge in [-0.15, -0.1) is 0 Å². The molecule has 0 spiro atoms. The van der Waals surface area contributed by atoms with Crippen LogP contribution in [0.5, 0.6) is 11.5 Å². The maximum Gasteiger partial charge on any atom is 0.229 e. The molecule has 0 saturated heterocycles. The van der Waals surface area contributed by atoms with Crippen molar-refractivity contribution in [2.24, 2.45) is 0 Å². The smallest absolute Gasteiger partial charge is 0.229 e. The summed E-state index contributed by atoms with van der Waals surface area (Å²) in [5, 5.41) is 6.15. The number of nitrogens with one attached hydrogen (secondary N) is 2. The summed E-state index contributed by atoms with van der Waals surface area (Å²) in [6.45, 7) is 0.747. The molecule has 0 bridgehead atoms. The van der Waals surface area contributed by atoms with Crippen LogP contribution in [0.4, 0.5) is 11.5 Å². The van der Waals surface area contributed by atoms with E-state index in [9.17, 15) is 4.79 Å². The Morgan fingerprint density at radius 3 is 2.41 bits per heavy atom. The van der Waals surface area contributed by atoms with Crippen LogP contribution >= 0.6 is 0 Å². The lowest BCUT2D eigenvalue weighted by molar-refractivity contribution is -0.115. The summed E-state index contributed by atoms with van der Waals surface area (Å²) in [5.74, 6) is 1.90. The zero-order valence-electron chi connectivity index (χ0n) is 16.6. The van der Waals surface area contributed by atoms with Crippen molar-refractivity contribution in [1.82, 2.24) is 4.98 Å². The summed E-state index contributed by atoms with van der Waals surface area (Å²) in [7, 11) is 3.26. The van der Waals surface area contributed by atoms with E-state index < -0.39 is 0 Å². The number of nitrogens with zero attached hydrogens (tertiary/aromatic N) is 1. The lowest BCUT2D eigenvalue weighted by Gasteiger charge is -2.11. The maximum absolute atomic E-state index is 12.1. The molecule has 0 aliphatic rings. The fraction of sp³-hybridized carbons (Fsp3) is 0.217. The van der Waals surface area contributed by atoms with E-state index in [2.05, 4.69) is 15.6 Å². The number of hydrogen-bond donors (Lipinski definition) is 2. The summed E-state index contributed by atoms with van der Waals surface area (Å²) in [6, 6.07) is 19.2. The van der Waals surface area contributed by atoms with Crippen LogP contribution in [-0.4, -0.2) is 31.7 Å². The van der Waals surface area contributed by atoms with Crippen LogP contribution in [0.25, 0.3) is 0 Å². The first-order chi connectivity index (χ1) is 14.2. The van der Waals surface area contributed by atoms with E-state index >= 15 is 0 Å². The normalized spacial score (nSPS) is 10.3. The first-order valence-corrected chi connectivity index (χ1v) is 9.42. The second kappa shape index (κ2) is 10.1. The van der Waals surface area contributed by atoms with E-state index in [0.717, 1.165) is 41.3 Å². The standard InChI is InChI=1S/C23H25N3O3/c1-28-20-10-8-18(14-21(20)29-2)12-13-24-19-9-11-22(25-16-19)26-23(27)15-17-6-4-3-5-7-17/h3-11,14,16,24H,12-13,15H2,1-2H3,(H,25,26,27). The van der Waals surface area contributed by atoms with Crippen molar-refractivity contribution in [3.63, 3.8) is 0 Å². The Morgan fingerprint density at radius 2 is 1.72 bits per heavy atom. The van der Waals surface area contributed by atoms with Gasteiger partial charge in [-0.2, -0.15) is 0 Å². The van der Waals surface area contributed by atoms with Gasteiger partial charge in [0.2, 0.25) is 5.91 Å². The maximum atomic E-state index is 12.1. The fourth-order valence-corrected chi connectivity index (χ4v) is 2.93. The molecule has 29 heavy (non-hydrogen) atoms. The minimum atomic E-state index is -0.0853. The molecule has 0 saturated carbocycles. The van der Waals surface area contributed by atoms with Crippen molar-refractivity contribution < 1.29 is 14.3 Å². The highest BCUT2D eigenvalue weighted by atomic mass is 16.5. The van der Waals surface area contributed by atoms with Crippen molar-refractivity contribution in [2.45, 2.75) is 12.8 Å². The largest absolute Gasteiger partial charge is 0.493 e. The van der Waals surface area contributed by atoms with E-state index in [-0.39, 0.29) is 5.91 Å². The molecule has 0 fully saturated rings. The zero-order chi connectivity index (χ0) is 20.5. The lowest BCUT2D eigenvalue weighted by atomic mass is 10.1. The molecular weight excluding hydrogens is 366 g/mol. The first kappa shape index (κ1) is 20.2. The van der Waals surface area contributed by atoms with Gasteiger partial charge in [0.15, 0.2) is 11.5 Å². The van der Waals surface area contributed by atoms with Gasteiger partial charge in [-0.1, -0.05) is 36.4 Å². The average Bonchev–Trinajstić information content (AvgIpc) is 2.75. The predicted molar refractivity (Wildman–Crippen MR) is 115 cm³/mol. The van der Waals surface area contributed by atoms with Gasteiger partial charge in [0, 0.05) is 6.54 Å². The Hall–Kier alpha value is -3.54. The molecule has 150 valence electrons. The molecule has 2 N–H and O–H groups in total. The van der Waals surface area contributed by atoms with Gasteiger partial charge in [-0.3, -0.25) is 4.79 Å². The molecule has 6 heteroatoms. The van der Waals surface area contributed by atoms with Crippen molar-refractivity contribution in [3.05, 3.63) is 78.0 Å². The van der Waals surface area contributed by atoms with E-state index in [1.54, 1.807) is 26.5 Å². The third-order valence-corrected chi connectivity index (χ3v) is 4.43. The van der Waals surface area contributed by atoms with E-state index in [1.807, 2.05) is 54.6 Å². The van der Waals surface area contributed by atoms with Crippen molar-refractivity contribution in [3.8, 4) is 11.5 Å². The molecule has 0 unspecified atom stereocenters. The third kappa shape index (κ3) is 5.97. The summed E-state index contributed by atoms with van der Waals surface area (Å²) < 4.78 is 10.6. The molecule has 3 rings (SSSR count). The first-order valence-electron chi connectivity index (χ1n) is 9.42. The van der Waals surface area contributed by atoms with Gasteiger partial charge in [0.1, 0.15) is 5.82 Å². The molecule has 6 nitrogen and oxygen atoms in total. The molecule has 1 aromatic heterocycles. The predicted octanol–water partition coefficient (Wildman–Crippen LogP) is 3.93. The summed E-state index contributed by atoms with van der Waals surface area (Å²) in [5.41, 5.74) is 3.01. The summed E-state index contributed by atoms with van der Waals surface area (Å²) >= 11 is 0. The molecule has 1 amide bonds. The van der Waals surface area contributed by atoms with E-state index in [0.29, 0.717) is 12.2 Å². The van der Waals surface area contributed by atoms with E-state index in [4.69, 9.17) is 9.47 Å². The second-order valence-corrected chi connectivity index (χ2v) is 6.51. The molecular formula is C23H25N3O3. The Bertz CT molecular complexity index is 928. The molecule has 1 heterocycles. The minimum Gasteiger partial charge on any atom is -0.493 e. The highest BCUT2D eigenvalue weighted by Gasteiger charge is 2.06. The van der Waals surface area contributed by atoms with Gasteiger partial charge in [-0.05, 0) is 41.8 Å². The Labute approximate surface area is 170 Å². The highest BCUT2D eigenvalue weighted by molar-refractivity contribution is 5.91. The average molecular weight is 391 g/mol. The van der Waals surface area contributed by atoms with Crippen molar-refractivity contribution in [1.29, 1.82) is 0 Å². The van der Waals surface area contributed by atoms with E-state index in [1.165, 1.54) is 0 Å². The van der Waals surface area contributed by atoms with Crippen LogP contribution in [-0.2, 0) is 17.6 Å². The number of carbonyl (C=O) groups is 1. The molecule has 2 aromatic carbocycles. The second-order valence-electron chi connectivity index (χ2n) is 6.51. The SMILES string of the molecule is COc1ccc(CCNc2ccc(NC(=O)Cc3ccccc3)nc2)cc1OC. The summed E-state index contributed by atoms with van der Waals surface area (Å²) in [6.07, 6.45) is 2.87. The van der Waals surface area contributed by atoms with Crippen molar-refractivity contribution in [2.75, 3.05) is 31.4 Å². The molecule has 3 aromatic rings. The number of methoxy groups -OCH3 is 2. The molecule has 0 aliphatic carbocycles. The Kier molecular flexibility index (Phi) is 7.05. The van der Waals surface area contributed by atoms with Gasteiger partial charge < -0.3 is 20.1 Å². The highest BCUT2D eigenvalue weighted by Crippen LogP contribution is 2.27.